The molecule has 0 aliphatic heterocycles. The van der Waals surface area contributed by atoms with E-state index in [1.54, 1.807) is 14.2 Å². The van der Waals surface area contributed by atoms with Crippen molar-refractivity contribution in [2.24, 2.45) is 0 Å². The monoisotopic (exact) mass is 859 g/mol. The summed E-state index contributed by atoms with van der Waals surface area (Å²) >= 11 is 0. The Morgan fingerprint density at radius 1 is 0.297 bits per heavy atom. The summed E-state index contributed by atoms with van der Waals surface area (Å²) in [4.78, 5) is 0. The minimum Gasteiger partial charge on any atom is -0.497 e. The molecule has 4 nitrogen and oxygen atoms in total. The number of unbranched alkanes of at least 4 members (excludes halogenated alkanes) is 18. The van der Waals surface area contributed by atoms with Gasteiger partial charge in [0.2, 0.25) is 0 Å². The van der Waals surface area contributed by atoms with Crippen molar-refractivity contribution in [2.75, 3.05) is 27.4 Å². The van der Waals surface area contributed by atoms with E-state index in [9.17, 15) is 0 Å². The number of fused-ring (bicyclic) bond motifs is 6. The summed E-state index contributed by atoms with van der Waals surface area (Å²) in [5.74, 6) is 3.56. The van der Waals surface area contributed by atoms with Gasteiger partial charge in [0, 0.05) is 0 Å². The van der Waals surface area contributed by atoms with Gasteiger partial charge in [-0.05, 0) is 151 Å². The van der Waals surface area contributed by atoms with Crippen molar-refractivity contribution in [1.82, 2.24) is 0 Å². The molecule has 0 N–H and O–H groups in total. The molecule has 0 aromatic heterocycles. The van der Waals surface area contributed by atoms with Crippen LogP contribution in [0.3, 0.4) is 0 Å². The molecule has 7 aromatic carbocycles. The van der Waals surface area contributed by atoms with E-state index in [1.807, 2.05) is 0 Å². The van der Waals surface area contributed by atoms with E-state index < -0.39 is 0 Å². The van der Waals surface area contributed by atoms with Crippen LogP contribution >= 0.6 is 0 Å². The van der Waals surface area contributed by atoms with E-state index in [0.29, 0.717) is 0 Å². The summed E-state index contributed by atoms with van der Waals surface area (Å²) in [7, 11) is 3.49. The van der Waals surface area contributed by atoms with Gasteiger partial charge >= 0.3 is 0 Å². The Hall–Kier alpha value is -5.22. The molecule has 0 fully saturated rings. The topological polar surface area (TPSA) is 36.9 Å². The molecule has 338 valence electrons. The van der Waals surface area contributed by atoms with E-state index in [1.165, 1.54) is 170 Å². The van der Waals surface area contributed by atoms with Crippen LogP contribution in [0.4, 0.5) is 0 Å². The van der Waals surface area contributed by atoms with Gasteiger partial charge < -0.3 is 18.9 Å². The highest BCUT2D eigenvalue weighted by Crippen LogP contribution is 2.43. The Morgan fingerprint density at radius 3 is 0.969 bits per heavy atom. The molecule has 0 radical (unpaired) electrons. The molecule has 4 heteroatoms. The predicted octanol–water partition coefficient (Wildman–Crippen LogP) is 18.2. The Bertz CT molecular complexity index is 2320. The first-order valence-corrected chi connectivity index (χ1v) is 25.1. The van der Waals surface area contributed by atoms with Gasteiger partial charge in [-0.15, -0.1) is 0 Å². The normalized spacial score (nSPS) is 11.6. The smallest absolute Gasteiger partial charge is 0.119 e. The first-order chi connectivity index (χ1) is 31.6. The highest BCUT2D eigenvalue weighted by atomic mass is 16.5. The van der Waals surface area contributed by atoms with Crippen LogP contribution in [0.1, 0.15) is 142 Å². The molecule has 0 atom stereocenters. The molecule has 0 amide bonds. The molecule has 0 saturated heterocycles. The molecule has 0 bridgehead atoms. The lowest BCUT2D eigenvalue weighted by Crippen LogP contribution is -1.97. The van der Waals surface area contributed by atoms with Crippen LogP contribution in [-0.2, 0) is 0 Å². The molecular weight excluding hydrogens is 785 g/mol. The summed E-state index contributed by atoms with van der Waals surface area (Å²) in [6, 6.07) is 39.8. The Balaban J connectivity index is 1.08. The highest BCUT2D eigenvalue weighted by molar-refractivity contribution is 6.22. The summed E-state index contributed by atoms with van der Waals surface area (Å²) in [6.45, 7) is 6.09. The van der Waals surface area contributed by atoms with Gasteiger partial charge in [-0.1, -0.05) is 166 Å². The number of benzene rings is 7. The lowest BCUT2D eigenvalue weighted by Gasteiger charge is -2.16. The molecule has 0 unspecified atom stereocenters. The van der Waals surface area contributed by atoms with E-state index in [0.717, 1.165) is 60.2 Å². The van der Waals surface area contributed by atoms with Crippen LogP contribution in [0, 0.1) is 0 Å². The minimum absolute atomic E-state index is 0.764. The van der Waals surface area contributed by atoms with Crippen LogP contribution in [-0.4, -0.2) is 27.4 Å². The molecule has 0 heterocycles. The van der Waals surface area contributed by atoms with Gasteiger partial charge in [0.1, 0.15) is 23.0 Å². The second-order valence-corrected chi connectivity index (χ2v) is 18.1. The van der Waals surface area contributed by atoms with Crippen molar-refractivity contribution in [3.05, 3.63) is 109 Å². The highest BCUT2D eigenvalue weighted by Gasteiger charge is 2.16. The van der Waals surface area contributed by atoms with E-state index in [2.05, 4.69) is 123 Å². The fourth-order valence-corrected chi connectivity index (χ4v) is 9.52. The molecule has 7 aromatic rings. The van der Waals surface area contributed by atoms with Crippen LogP contribution in [0.5, 0.6) is 23.0 Å². The van der Waals surface area contributed by atoms with Gasteiger partial charge in [-0.3, -0.25) is 0 Å². The fraction of sp³-hybridized carbons (Fsp3) is 0.433. The van der Waals surface area contributed by atoms with Crippen molar-refractivity contribution in [1.29, 1.82) is 0 Å². The second-order valence-electron chi connectivity index (χ2n) is 18.1. The van der Waals surface area contributed by atoms with Crippen molar-refractivity contribution in [3.63, 3.8) is 0 Å². The Labute approximate surface area is 384 Å². The molecule has 64 heavy (non-hydrogen) atoms. The molecule has 0 aliphatic carbocycles. The maximum atomic E-state index is 6.22. The minimum atomic E-state index is 0.764. The molecule has 0 spiro atoms. The zero-order valence-corrected chi connectivity index (χ0v) is 39.6. The average Bonchev–Trinajstić information content (AvgIpc) is 3.34. The van der Waals surface area contributed by atoms with Gasteiger partial charge in [0.25, 0.3) is 0 Å². The third kappa shape index (κ3) is 12.5. The van der Waals surface area contributed by atoms with E-state index in [-0.39, 0.29) is 0 Å². The number of hydrogen-bond acceptors (Lipinski definition) is 4. The van der Waals surface area contributed by atoms with Crippen molar-refractivity contribution in [2.45, 2.75) is 142 Å². The zero-order valence-electron chi connectivity index (χ0n) is 39.6. The van der Waals surface area contributed by atoms with E-state index in [4.69, 9.17) is 18.9 Å². The lowest BCUT2D eigenvalue weighted by atomic mass is 9.88. The molecular formula is C60H74O4. The van der Waals surface area contributed by atoms with Crippen molar-refractivity contribution >= 4 is 43.1 Å². The van der Waals surface area contributed by atoms with Crippen LogP contribution in [0.2, 0.25) is 0 Å². The maximum absolute atomic E-state index is 6.22. The summed E-state index contributed by atoms with van der Waals surface area (Å²) in [5, 5.41) is 9.60. The van der Waals surface area contributed by atoms with Gasteiger partial charge in [0.15, 0.2) is 0 Å². The van der Waals surface area contributed by atoms with Gasteiger partial charge in [-0.25, -0.2) is 0 Å². The SMILES string of the molecule is CCCCCCCCCCCCOc1ccc(-c2cc3cc4c(cc(-c5ccc(OCCCCCCCCCCCC)cc5)c5cc(OC)ccc54)cc3c3ccc(OC)cc23)cc1. The second kappa shape index (κ2) is 24.7. The maximum Gasteiger partial charge on any atom is 0.119 e. The quantitative estimate of drug-likeness (QED) is 0.0279. The van der Waals surface area contributed by atoms with Crippen molar-refractivity contribution in [3.8, 4) is 45.3 Å². The van der Waals surface area contributed by atoms with Crippen LogP contribution < -0.4 is 18.9 Å². The third-order valence-corrected chi connectivity index (χ3v) is 13.3. The Kier molecular flexibility index (Phi) is 18.1. The first kappa shape index (κ1) is 46.8. The molecule has 7 rings (SSSR count). The Morgan fingerprint density at radius 2 is 0.625 bits per heavy atom. The first-order valence-electron chi connectivity index (χ1n) is 25.1. The number of rotatable bonds is 28. The zero-order chi connectivity index (χ0) is 44.4. The van der Waals surface area contributed by atoms with Crippen LogP contribution in [0.15, 0.2) is 109 Å². The summed E-state index contributed by atoms with van der Waals surface area (Å²) in [6.07, 6.45) is 26.5. The molecule has 0 aliphatic rings. The number of hydrogen-bond donors (Lipinski definition) is 0. The predicted molar refractivity (Wildman–Crippen MR) is 275 cm³/mol. The van der Waals surface area contributed by atoms with Gasteiger partial charge in [0.05, 0.1) is 27.4 Å². The summed E-state index contributed by atoms with van der Waals surface area (Å²) < 4.78 is 24.0. The van der Waals surface area contributed by atoms with Gasteiger partial charge in [-0.2, -0.15) is 0 Å². The fourth-order valence-electron chi connectivity index (χ4n) is 9.52. The standard InChI is InChI=1S/C60H74O4/c1-5-7-9-11-13-15-17-19-21-23-37-63-49-29-25-45(26-30-49)55-39-47-41-58-48(42-57(47)53-35-33-51(61-3)43-59(53)55)40-56(60-44-52(62-4)34-36-54(58)60)46-27-31-50(32-28-46)64-38-24-22-20-18-16-14-12-10-8-6-2/h25-36,39-44H,5-24,37-38H2,1-4H3. The number of ether oxygens (including phenoxy) is 4. The van der Waals surface area contributed by atoms with Crippen LogP contribution in [0.25, 0.3) is 65.3 Å². The van der Waals surface area contributed by atoms with E-state index >= 15 is 0 Å². The molecule has 0 saturated carbocycles. The number of methoxy groups -OCH3 is 2. The average molecular weight is 859 g/mol. The largest absolute Gasteiger partial charge is 0.497 e. The lowest BCUT2D eigenvalue weighted by molar-refractivity contribution is 0.304. The third-order valence-electron chi connectivity index (χ3n) is 13.3. The van der Waals surface area contributed by atoms with Crippen molar-refractivity contribution < 1.29 is 18.9 Å². The summed E-state index contributed by atoms with van der Waals surface area (Å²) in [5.41, 5.74) is 4.68.